The molecular weight excluding hydrogens is 234 g/mol. The van der Waals surface area contributed by atoms with Crippen LogP contribution in [-0.4, -0.2) is 21.3 Å². The van der Waals surface area contributed by atoms with E-state index in [1.165, 1.54) is 6.07 Å². The molecule has 1 aliphatic rings. The fraction of sp³-hybridized carbons (Fsp3) is 0.250. The van der Waals surface area contributed by atoms with Gasteiger partial charge in [-0.3, -0.25) is 0 Å². The third-order valence-electron chi connectivity index (χ3n) is 2.77. The molecule has 1 aromatic heterocycles. The van der Waals surface area contributed by atoms with Crippen molar-refractivity contribution in [2.75, 3.05) is 5.32 Å². The highest BCUT2D eigenvalue weighted by molar-refractivity contribution is 5.94. The van der Waals surface area contributed by atoms with Gasteiger partial charge in [0.15, 0.2) is 0 Å². The van der Waals surface area contributed by atoms with Crippen LogP contribution in [0.1, 0.15) is 35.0 Å². The molecule has 1 aromatic carbocycles. The standard InChI is InChI=1S/C12H11N3O3/c16-11(17)8-3-1-2-4-9(8)13-12-15-14-10(18-12)7-5-6-7/h1-4,7H,5-6H2,(H,13,15)(H,16,17). The molecule has 2 N–H and O–H groups in total. The van der Waals surface area contributed by atoms with E-state index in [9.17, 15) is 4.79 Å². The lowest BCUT2D eigenvalue weighted by atomic mass is 10.2. The van der Waals surface area contributed by atoms with Crippen molar-refractivity contribution in [1.82, 2.24) is 10.2 Å². The summed E-state index contributed by atoms with van der Waals surface area (Å²) in [7, 11) is 0. The first kappa shape index (κ1) is 10.8. The van der Waals surface area contributed by atoms with E-state index in [1.807, 2.05) is 0 Å². The number of anilines is 2. The smallest absolute Gasteiger partial charge is 0.337 e. The van der Waals surface area contributed by atoms with Gasteiger partial charge >= 0.3 is 12.0 Å². The van der Waals surface area contributed by atoms with Crippen molar-refractivity contribution in [3.8, 4) is 0 Å². The van der Waals surface area contributed by atoms with Gasteiger partial charge in [-0.2, -0.15) is 0 Å². The highest BCUT2D eigenvalue weighted by Crippen LogP contribution is 2.39. The zero-order chi connectivity index (χ0) is 12.5. The van der Waals surface area contributed by atoms with Crippen LogP contribution >= 0.6 is 0 Å². The average Bonchev–Trinajstić information content (AvgIpc) is 3.11. The van der Waals surface area contributed by atoms with Gasteiger partial charge in [-0.1, -0.05) is 17.2 Å². The summed E-state index contributed by atoms with van der Waals surface area (Å²) >= 11 is 0. The number of para-hydroxylation sites is 1. The van der Waals surface area contributed by atoms with Crippen LogP contribution in [0.4, 0.5) is 11.7 Å². The summed E-state index contributed by atoms with van der Waals surface area (Å²) in [5, 5.41) is 19.7. The number of carbonyl (C=O) groups is 1. The van der Waals surface area contributed by atoms with Gasteiger partial charge < -0.3 is 14.8 Å². The molecule has 0 saturated heterocycles. The molecule has 0 unspecified atom stereocenters. The number of nitrogens with zero attached hydrogens (tertiary/aromatic N) is 2. The Morgan fingerprint density at radius 3 is 2.83 bits per heavy atom. The van der Waals surface area contributed by atoms with Crippen LogP contribution in [0.3, 0.4) is 0 Å². The molecule has 1 saturated carbocycles. The number of carboxylic acid groups (broad SMARTS) is 1. The van der Waals surface area contributed by atoms with Gasteiger partial charge in [0.1, 0.15) is 0 Å². The molecule has 0 radical (unpaired) electrons. The summed E-state index contributed by atoms with van der Waals surface area (Å²) in [5.41, 5.74) is 0.611. The number of hydrogen-bond acceptors (Lipinski definition) is 5. The van der Waals surface area contributed by atoms with Gasteiger partial charge in [0.25, 0.3) is 0 Å². The predicted molar refractivity (Wildman–Crippen MR) is 63.0 cm³/mol. The van der Waals surface area contributed by atoms with Crippen LogP contribution < -0.4 is 5.32 Å². The fourth-order valence-corrected chi connectivity index (χ4v) is 1.67. The molecule has 2 aromatic rings. The third-order valence-corrected chi connectivity index (χ3v) is 2.77. The topological polar surface area (TPSA) is 88.2 Å². The van der Waals surface area contributed by atoms with Crippen LogP contribution in [0.25, 0.3) is 0 Å². The minimum atomic E-state index is -1.000. The number of rotatable bonds is 4. The second-order valence-electron chi connectivity index (χ2n) is 4.20. The van der Waals surface area contributed by atoms with E-state index in [0.717, 1.165) is 12.8 Å². The molecule has 0 bridgehead atoms. The lowest BCUT2D eigenvalue weighted by Gasteiger charge is -2.04. The van der Waals surface area contributed by atoms with E-state index < -0.39 is 5.97 Å². The molecule has 0 aliphatic heterocycles. The summed E-state index contributed by atoms with van der Waals surface area (Å²) in [6.45, 7) is 0. The zero-order valence-electron chi connectivity index (χ0n) is 9.46. The highest BCUT2D eigenvalue weighted by Gasteiger charge is 2.29. The van der Waals surface area contributed by atoms with E-state index in [0.29, 0.717) is 17.5 Å². The largest absolute Gasteiger partial charge is 0.478 e. The molecular formula is C12H11N3O3. The Bertz CT molecular complexity index is 590. The number of nitrogens with one attached hydrogen (secondary N) is 1. The Morgan fingerprint density at radius 2 is 2.11 bits per heavy atom. The van der Waals surface area contributed by atoms with E-state index in [1.54, 1.807) is 18.2 Å². The van der Waals surface area contributed by atoms with Crippen molar-refractivity contribution in [3.05, 3.63) is 35.7 Å². The van der Waals surface area contributed by atoms with Gasteiger partial charge in [-0.05, 0) is 25.0 Å². The molecule has 3 rings (SSSR count). The van der Waals surface area contributed by atoms with Crippen molar-refractivity contribution in [2.24, 2.45) is 0 Å². The van der Waals surface area contributed by atoms with Crippen molar-refractivity contribution >= 4 is 17.7 Å². The van der Waals surface area contributed by atoms with Gasteiger partial charge in [-0.15, -0.1) is 5.10 Å². The monoisotopic (exact) mass is 245 g/mol. The Labute approximate surface area is 103 Å². The average molecular weight is 245 g/mol. The first-order chi connectivity index (χ1) is 8.74. The molecule has 92 valence electrons. The molecule has 1 fully saturated rings. The second kappa shape index (κ2) is 4.14. The van der Waals surface area contributed by atoms with Crippen LogP contribution in [0.15, 0.2) is 28.7 Å². The van der Waals surface area contributed by atoms with Crippen LogP contribution in [0.5, 0.6) is 0 Å². The minimum Gasteiger partial charge on any atom is -0.478 e. The number of aromatic carboxylic acids is 1. The zero-order valence-corrected chi connectivity index (χ0v) is 9.46. The van der Waals surface area contributed by atoms with Crippen molar-refractivity contribution in [1.29, 1.82) is 0 Å². The Balaban J connectivity index is 1.84. The van der Waals surface area contributed by atoms with Crippen molar-refractivity contribution < 1.29 is 14.3 Å². The van der Waals surface area contributed by atoms with Crippen molar-refractivity contribution in [3.63, 3.8) is 0 Å². The van der Waals surface area contributed by atoms with Crippen LogP contribution in [0.2, 0.25) is 0 Å². The SMILES string of the molecule is O=C(O)c1ccccc1Nc1nnc(C2CC2)o1. The normalized spacial score (nSPS) is 14.4. The molecule has 6 heteroatoms. The Hall–Kier alpha value is -2.37. The quantitative estimate of drug-likeness (QED) is 0.859. The third kappa shape index (κ3) is 2.04. The first-order valence-electron chi connectivity index (χ1n) is 5.67. The van der Waals surface area contributed by atoms with Gasteiger partial charge in [0.2, 0.25) is 5.89 Å². The Morgan fingerprint density at radius 1 is 1.33 bits per heavy atom. The summed E-state index contributed by atoms with van der Waals surface area (Å²) in [5.74, 6) is -0.00638. The minimum absolute atomic E-state index is 0.170. The van der Waals surface area contributed by atoms with Gasteiger partial charge in [-0.25, -0.2) is 4.79 Å². The molecule has 0 spiro atoms. The molecule has 1 aliphatic carbocycles. The summed E-state index contributed by atoms with van der Waals surface area (Å²) in [4.78, 5) is 11.0. The summed E-state index contributed by atoms with van der Waals surface area (Å²) < 4.78 is 5.42. The summed E-state index contributed by atoms with van der Waals surface area (Å²) in [6.07, 6.45) is 2.15. The maximum Gasteiger partial charge on any atom is 0.337 e. The first-order valence-corrected chi connectivity index (χ1v) is 5.67. The lowest BCUT2D eigenvalue weighted by molar-refractivity contribution is 0.0698. The molecule has 1 heterocycles. The molecule has 18 heavy (non-hydrogen) atoms. The maximum atomic E-state index is 11.0. The van der Waals surface area contributed by atoms with Gasteiger partial charge in [0.05, 0.1) is 11.3 Å². The van der Waals surface area contributed by atoms with Crippen LogP contribution in [-0.2, 0) is 0 Å². The number of benzene rings is 1. The Kier molecular flexibility index (Phi) is 2.47. The predicted octanol–water partition coefficient (Wildman–Crippen LogP) is 2.39. The highest BCUT2D eigenvalue weighted by atomic mass is 16.4. The van der Waals surface area contributed by atoms with E-state index in [4.69, 9.17) is 9.52 Å². The molecule has 6 nitrogen and oxygen atoms in total. The summed E-state index contributed by atoms with van der Waals surface area (Å²) in [6, 6.07) is 6.81. The number of aromatic nitrogens is 2. The van der Waals surface area contributed by atoms with Gasteiger partial charge in [0, 0.05) is 5.92 Å². The van der Waals surface area contributed by atoms with Crippen LogP contribution in [0, 0.1) is 0 Å². The van der Waals surface area contributed by atoms with Crippen molar-refractivity contribution in [2.45, 2.75) is 18.8 Å². The van der Waals surface area contributed by atoms with E-state index in [2.05, 4.69) is 15.5 Å². The maximum absolute atomic E-state index is 11.0. The lowest BCUT2D eigenvalue weighted by Crippen LogP contribution is -2.02. The van der Waals surface area contributed by atoms with E-state index in [-0.39, 0.29) is 11.6 Å². The molecule has 0 amide bonds. The second-order valence-corrected chi connectivity index (χ2v) is 4.20. The number of carboxylic acids is 1. The fourth-order valence-electron chi connectivity index (χ4n) is 1.67. The molecule has 0 atom stereocenters. The van der Waals surface area contributed by atoms with E-state index >= 15 is 0 Å². The number of hydrogen-bond donors (Lipinski definition) is 2.